The zero-order valence-corrected chi connectivity index (χ0v) is 13.1. The molecule has 0 aromatic heterocycles. The summed E-state index contributed by atoms with van der Waals surface area (Å²) in [5, 5.41) is 0. The average Bonchev–Trinajstić information content (AvgIpc) is 2.34. The van der Waals surface area contributed by atoms with Gasteiger partial charge in [-0.15, -0.1) is 0 Å². The molecular formula is C13H17BrFNOS. The Labute approximate surface area is 120 Å². The quantitative estimate of drug-likeness (QED) is 0.816. The molecule has 5 heteroatoms. The molecule has 100 valence electrons. The van der Waals surface area contributed by atoms with Crippen molar-refractivity contribution in [3.8, 4) is 0 Å². The minimum Gasteiger partial charge on any atom is -0.338 e. The first kappa shape index (κ1) is 15.5. The van der Waals surface area contributed by atoms with Crippen LogP contribution < -0.4 is 0 Å². The van der Waals surface area contributed by atoms with E-state index in [2.05, 4.69) is 22.9 Å². The summed E-state index contributed by atoms with van der Waals surface area (Å²) in [5.74, 6) is 0.470. The van der Waals surface area contributed by atoms with Crippen LogP contribution in [-0.4, -0.2) is 35.9 Å². The highest BCUT2D eigenvalue weighted by molar-refractivity contribution is 9.10. The second kappa shape index (κ2) is 7.14. The Hall–Kier alpha value is -0.550. The van der Waals surface area contributed by atoms with E-state index in [0.717, 1.165) is 12.2 Å². The second-order valence-electron chi connectivity index (χ2n) is 4.06. The molecule has 0 aliphatic carbocycles. The van der Waals surface area contributed by atoms with Gasteiger partial charge in [0.1, 0.15) is 5.82 Å². The van der Waals surface area contributed by atoms with Gasteiger partial charge in [0.25, 0.3) is 5.91 Å². The van der Waals surface area contributed by atoms with Crippen LogP contribution in [0.5, 0.6) is 0 Å². The van der Waals surface area contributed by atoms with Crippen molar-refractivity contribution >= 4 is 33.6 Å². The molecule has 1 atom stereocenters. The van der Waals surface area contributed by atoms with E-state index in [0.29, 0.717) is 10.0 Å². The highest BCUT2D eigenvalue weighted by Crippen LogP contribution is 2.21. The van der Waals surface area contributed by atoms with Gasteiger partial charge in [0.15, 0.2) is 0 Å². The largest absolute Gasteiger partial charge is 0.338 e. The number of hydrogen-bond donors (Lipinski definition) is 0. The Kier molecular flexibility index (Phi) is 6.15. The highest BCUT2D eigenvalue weighted by atomic mass is 79.9. The summed E-state index contributed by atoms with van der Waals surface area (Å²) in [7, 11) is 1.79. The number of nitrogens with zero attached hydrogens (tertiary/aromatic N) is 1. The summed E-state index contributed by atoms with van der Waals surface area (Å²) in [6.07, 6.45) is 2.93. The molecule has 1 unspecified atom stereocenters. The first-order valence-corrected chi connectivity index (χ1v) is 7.91. The van der Waals surface area contributed by atoms with Crippen molar-refractivity contribution in [1.29, 1.82) is 0 Å². The molecule has 0 radical (unpaired) electrons. The molecule has 0 bridgehead atoms. The van der Waals surface area contributed by atoms with E-state index in [9.17, 15) is 9.18 Å². The standard InChI is InChI=1S/C13H17BrFNOS/c1-4-10(8-18-3)16(2)13(17)11-6-5-9(15)7-12(11)14/h5-7,10H,4,8H2,1-3H3. The number of hydrogen-bond acceptors (Lipinski definition) is 2. The van der Waals surface area contributed by atoms with E-state index in [1.54, 1.807) is 23.7 Å². The van der Waals surface area contributed by atoms with E-state index >= 15 is 0 Å². The summed E-state index contributed by atoms with van der Waals surface area (Å²) < 4.78 is 13.5. The van der Waals surface area contributed by atoms with Crippen molar-refractivity contribution in [2.75, 3.05) is 19.1 Å². The van der Waals surface area contributed by atoms with Gasteiger partial charge in [-0.25, -0.2) is 4.39 Å². The van der Waals surface area contributed by atoms with Crippen LogP contribution in [0.2, 0.25) is 0 Å². The Morgan fingerprint density at radius 1 is 1.56 bits per heavy atom. The van der Waals surface area contributed by atoms with E-state index in [1.165, 1.54) is 18.2 Å². The Balaban J connectivity index is 2.91. The number of amides is 1. The van der Waals surface area contributed by atoms with Crippen molar-refractivity contribution in [3.05, 3.63) is 34.1 Å². The molecule has 2 nitrogen and oxygen atoms in total. The lowest BCUT2D eigenvalue weighted by atomic mass is 10.1. The molecular weight excluding hydrogens is 317 g/mol. The molecule has 0 N–H and O–H groups in total. The van der Waals surface area contributed by atoms with Gasteiger partial charge >= 0.3 is 0 Å². The van der Waals surface area contributed by atoms with Crippen LogP contribution in [0, 0.1) is 5.82 Å². The van der Waals surface area contributed by atoms with Gasteiger partial charge in [0.05, 0.1) is 5.56 Å². The van der Waals surface area contributed by atoms with Crippen LogP contribution in [0.25, 0.3) is 0 Å². The summed E-state index contributed by atoms with van der Waals surface area (Å²) >= 11 is 4.95. The van der Waals surface area contributed by atoms with Gasteiger partial charge in [-0.1, -0.05) is 6.92 Å². The fraction of sp³-hybridized carbons (Fsp3) is 0.462. The van der Waals surface area contributed by atoms with E-state index in [1.807, 2.05) is 6.26 Å². The van der Waals surface area contributed by atoms with E-state index < -0.39 is 0 Å². The maximum Gasteiger partial charge on any atom is 0.255 e. The van der Waals surface area contributed by atoms with Crippen LogP contribution in [0.1, 0.15) is 23.7 Å². The lowest BCUT2D eigenvalue weighted by Gasteiger charge is -2.27. The van der Waals surface area contributed by atoms with Gasteiger partial charge in [-0.05, 0) is 46.8 Å². The van der Waals surface area contributed by atoms with E-state index in [4.69, 9.17) is 0 Å². The van der Waals surface area contributed by atoms with Crippen molar-refractivity contribution in [3.63, 3.8) is 0 Å². The highest BCUT2D eigenvalue weighted by Gasteiger charge is 2.21. The predicted molar refractivity (Wildman–Crippen MR) is 78.7 cm³/mol. The molecule has 18 heavy (non-hydrogen) atoms. The minimum atomic E-state index is -0.350. The van der Waals surface area contributed by atoms with Crippen LogP contribution in [0.15, 0.2) is 22.7 Å². The Morgan fingerprint density at radius 3 is 2.72 bits per heavy atom. The second-order valence-corrected chi connectivity index (χ2v) is 5.82. The number of rotatable bonds is 5. The fourth-order valence-corrected chi connectivity index (χ4v) is 3.08. The molecule has 1 aromatic carbocycles. The molecule has 1 aromatic rings. The molecule has 0 aliphatic heterocycles. The van der Waals surface area contributed by atoms with Gasteiger partial charge in [-0.3, -0.25) is 4.79 Å². The van der Waals surface area contributed by atoms with Crippen LogP contribution >= 0.6 is 27.7 Å². The molecule has 0 heterocycles. The maximum absolute atomic E-state index is 13.0. The minimum absolute atomic E-state index is 0.0808. The third-order valence-electron chi connectivity index (χ3n) is 2.86. The number of carbonyl (C=O) groups excluding carboxylic acids is 1. The molecule has 0 saturated heterocycles. The summed E-state index contributed by atoms with van der Waals surface area (Å²) in [6, 6.07) is 4.34. The summed E-state index contributed by atoms with van der Waals surface area (Å²) in [4.78, 5) is 14.0. The molecule has 0 saturated carbocycles. The number of thioether (sulfide) groups is 1. The molecule has 0 spiro atoms. The third kappa shape index (κ3) is 3.72. The van der Waals surface area contributed by atoms with E-state index in [-0.39, 0.29) is 17.8 Å². The molecule has 1 rings (SSSR count). The smallest absolute Gasteiger partial charge is 0.255 e. The summed E-state index contributed by atoms with van der Waals surface area (Å²) in [5.41, 5.74) is 0.499. The van der Waals surface area contributed by atoms with Crippen molar-refractivity contribution in [1.82, 2.24) is 4.90 Å². The van der Waals surface area contributed by atoms with Gasteiger partial charge in [-0.2, -0.15) is 11.8 Å². The predicted octanol–water partition coefficient (Wildman–Crippen LogP) is 3.80. The zero-order valence-electron chi connectivity index (χ0n) is 10.7. The first-order valence-electron chi connectivity index (χ1n) is 5.72. The van der Waals surface area contributed by atoms with Gasteiger partial charge < -0.3 is 4.90 Å². The van der Waals surface area contributed by atoms with Crippen LogP contribution in [0.3, 0.4) is 0 Å². The SMILES string of the molecule is CCC(CSC)N(C)C(=O)c1ccc(F)cc1Br. The molecule has 0 fully saturated rings. The van der Waals surface area contributed by atoms with Crippen molar-refractivity contribution in [2.24, 2.45) is 0 Å². The number of carbonyl (C=O) groups is 1. The average molecular weight is 334 g/mol. The third-order valence-corrected chi connectivity index (χ3v) is 4.23. The maximum atomic E-state index is 13.0. The monoisotopic (exact) mass is 333 g/mol. The lowest BCUT2D eigenvalue weighted by Crippen LogP contribution is -2.38. The van der Waals surface area contributed by atoms with Crippen molar-refractivity contribution in [2.45, 2.75) is 19.4 Å². The Morgan fingerprint density at radius 2 is 2.22 bits per heavy atom. The topological polar surface area (TPSA) is 20.3 Å². The molecule has 1 amide bonds. The zero-order chi connectivity index (χ0) is 13.7. The number of halogens is 2. The Bertz CT molecular complexity index is 427. The van der Waals surface area contributed by atoms with Crippen LogP contribution in [0.4, 0.5) is 4.39 Å². The normalized spacial score (nSPS) is 12.3. The van der Waals surface area contributed by atoms with Crippen LogP contribution in [-0.2, 0) is 0 Å². The van der Waals surface area contributed by atoms with Gasteiger partial charge in [0.2, 0.25) is 0 Å². The van der Waals surface area contributed by atoms with Crippen molar-refractivity contribution < 1.29 is 9.18 Å². The molecule has 0 aliphatic rings. The lowest BCUT2D eigenvalue weighted by molar-refractivity contribution is 0.0742. The van der Waals surface area contributed by atoms with Gasteiger partial charge in [0, 0.05) is 23.3 Å². The first-order chi connectivity index (χ1) is 8.51. The number of benzene rings is 1. The summed E-state index contributed by atoms with van der Waals surface area (Å²) in [6.45, 7) is 2.06. The fourth-order valence-electron chi connectivity index (χ4n) is 1.71.